The molecule has 2 aromatic carbocycles. The monoisotopic (exact) mass is 386 g/mol. The first kappa shape index (κ1) is 19.6. The third-order valence-corrected chi connectivity index (χ3v) is 6.98. The Morgan fingerprint density at radius 3 is 2.30 bits per heavy atom. The van der Waals surface area contributed by atoms with Crippen LogP contribution in [0, 0.1) is 0 Å². The Kier molecular flexibility index (Phi) is 5.67. The van der Waals surface area contributed by atoms with Crippen molar-refractivity contribution >= 4 is 15.7 Å². The predicted molar refractivity (Wildman–Crippen MR) is 108 cm³/mol. The number of carbonyl (C=O) groups is 1. The molecule has 144 valence electrons. The summed E-state index contributed by atoms with van der Waals surface area (Å²) in [7, 11) is -2.99. The minimum Gasteiger partial charge on any atom is -0.348 e. The highest BCUT2D eigenvalue weighted by Gasteiger charge is 2.38. The van der Waals surface area contributed by atoms with E-state index in [0.717, 1.165) is 16.7 Å². The van der Waals surface area contributed by atoms with Gasteiger partial charge in [0.1, 0.15) is 0 Å². The second-order valence-electron chi connectivity index (χ2n) is 7.53. The van der Waals surface area contributed by atoms with Crippen LogP contribution in [-0.4, -0.2) is 37.9 Å². The van der Waals surface area contributed by atoms with Gasteiger partial charge < -0.3 is 10.6 Å². The average molecular weight is 387 g/mol. The van der Waals surface area contributed by atoms with Crippen LogP contribution in [-0.2, 0) is 14.6 Å². The lowest BCUT2D eigenvalue weighted by molar-refractivity contribution is -0.121. The van der Waals surface area contributed by atoms with Crippen molar-refractivity contribution in [3.8, 4) is 11.1 Å². The van der Waals surface area contributed by atoms with Gasteiger partial charge in [-0.05, 0) is 37.0 Å². The van der Waals surface area contributed by atoms with E-state index in [1.165, 1.54) is 0 Å². The van der Waals surface area contributed by atoms with Gasteiger partial charge in [0.15, 0.2) is 9.84 Å². The van der Waals surface area contributed by atoms with Gasteiger partial charge in [-0.1, -0.05) is 54.6 Å². The lowest BCUT2D eigenvalue weighted by Crippen LogP contribution is -2.48. The number of benzene rings is 2. The number of nitrogens with one attached hydrogen (secondary N) is 2. The molecule has 2 unspecified atom stereocenters. The van der Waals surface area contributed by atoms with Crippen molar-refractivity contribution in [2.75, 3.05) is 18.1 Å². The average Bonchev–Trinajstić information content (AvgIpc) is 2.94. The SMILES string of the molecule is CC(NC(=O)CNC1(C)CCS(=O)(=O)C1)c1ccc(-c2ccccc2)cc1. The van der Waals surface area contributed by atoms with Gasteiger partial charge in [0.05, 0.1) is 24.1 Å². The van der Waals surface area contributed by atoms with Gasteiger partial charge >= 0.3 is 0 Å². The summed E-state index contributed by atoms with van der Waals surface area (Å²) in [5, 5.41) is 6.08. The molecule has 1 aliphatic rings. The molecule has 1 saturated heterocycles. The highest BCUT2D eigenvalue weighted by molar-refractivity contribution is 7.91. The van der Waals surface area contributed by atoms with E-state index in [1.807, 2.05) is 44.2 Å². The van der Waals surface area contributed by atoms with Crippen LogP contribution in [0.1, 0.15) is 31.9 Å². The highest BCUT2D eigenvalue weighted by atomic mass is 32.2. The summed E-state index contributed by atoms with van der Waals surface area (Å²) in [6.07, 6.45) is 0.541. The minimum absolute atomic E-state index is 0.0871. The summed E-state index contributed by atoms with van der Waals surface area (Å²) in [6, 6.07) is 18.2. The molecule has 5 nitrogen and oxygen atoms in total. The molecule has 0 spiro atoms. The van der Waals surface area contributed by atoms with Crippen LogP contribution in [0.3, 0.4) is 0 Å². The molecule has 1 aliphatic heterocycles. The van der Waals surface area contributed by atoms with E-state index in [0.29, 0.717) is 6.42 Å². The van der Waals surface area contributed by atoms with Crippen molar-refractivity contribution in [3.05, 3.63) is 60.2 Å². The lowest BCUT2D eigenvalue weighted by Gasteiger charge is -2.24. The topological polar surface area (TPSA) is 75.3 Å². The zero-order chi connectivity index (χ0) is 19.5. The van der Waals surface area contributed by atoms with Gasteiger partial charge in [-0.15, -0.1) is 0 Å². The molecular weight excluding hydrogens is 360 g/mol. The molecule has 0 bridgehead atoms. The number of hydrogen-bond donors (Lipinski definition) is 2. The van der Waals surface area contributed by atoms with E-state index >= 15 is 0 Å². The number of carbonyl (C=O) groups excluding carboxylic acids is 1. The zero-order valence-electron chi connectivity index (χ0n) is 15.7. The predicted octanol–water partition coefficient (Wildman–Crippen LogP) is 2.70. The third-order valence-electron chi connectivity index (χ3n) is 5.07. The smallest absolute Gasteiger partial charge is 0.234 e. The molecule has 2 N–H and O–H groups in total. The van der Waals surface area contributed by atoms with E-state index in [-0.39, 0.29) is 30.0 Å². The molecule has 2 aromatic rings. The number of amides is 1. The van der Waals surface area contributed by atoms with Gasteiger partial charge in [0.2, 0.25) is 5.91 Å². The van der Waals surface area contributed by atoms with Gasteiger partial charge in [-0.25, -0.2) is 8.42 Å². The second-order valence-corrected chi connectivity index (χ2v) is 9.72. The Morgan fingerprint density at radius 1 is 1.07 bits per heavy atom. The van der Waals surface area contributed by atoms with Crippen molar-refractivity contribution in [2.45, 2.75) is 31.8 Å². The highest BCUT2D eigenvalue weighted by Crippen LogP contribution is 2.23. The summed E-state index contributed by atoms with van der Waals surface area (Å²) >= 11 is 0. The maximum Gasteiger partial charge on any atom is 0.234 e. The summed E-state index contributed by atoms with van der Waals surface area (Å²) in [5.41, 5.74) is 2.80. The van der Waals surface area contributed by atoms with E-state index < -0.39 is 15.4 Å². The maximum absolute atomic E-state index is 12.3. The van der Waals surface area contributed by atoms with Gasteiger partial charge in [0.25, 0.3) is 0 Å². The fourth-order valence-electron chi connectivity index (χ4n) is 3.41. The summed E-state index contributed by atoms with van der Waals surface area (Å²) in [5.74, 6) is 0.131. The van der Waals surface area contributed by atoms with E-state index in [4.69, 9.17) is 0 Å². The number of hydrogen-bond acceptors (Lipinski definition) is 4. The lowest BCUT2D eigenvalue weighted by atomic mass is 10.0. The molecule has 1 fully saturated rings. The molecule has 3 rings (SSSR count). The quantitative estimate of drug-likeness (QED) is 0.800. The van der Waals surface area contributed by atoms with E-state index in [1.54, 1.807) is 0 Å². The van der Waals surface area contributed by atoms with Crippen molar-refractivity contribution in [3.63, 3.8) is 0 Å². The van der Waals surface area contributed by atoms with E-state index in [9.17, 15) is 13.2 Å². The van der Waals surface area contributed by atoms with E-state index in [2.05, 4.69) is 34.9 Å². The first-order valence-electron chi connectivity index (χ1n) is 9.17. The molecule has 2 atom stereocenters. The molecule has 0 aromatic heterocycles. The minimum atomic E-state index is -2.99. The Bertz CT molecular complexity index is 895. The molecular formula is C21H26N2O3S. The number of sulfone groups is 1. The second kappa shape index (κ2) is 7.82. The molecule has 0 aliphatic carbocycles. The van der Waals surface area contributed by atoms with Crippen LogP contribution in [0.5, 0.6) is 0 Å². The summed E-state index contributed by atoms with van der Waals surface area (Å²) < 4.78 is 23.3. The van der Waals surface area contributed by atoms with Gasteiger partial charge in [0, 0.05) is 5.54 Å². The molecule has 27 heavy (non-hydrogen) atoms. The van der Waals surface area contributed by atoms with Crippen molar-refractivity contribution < 1.29 is 13.2 Å². The Labute approximate surface area is 161 Å². The molecule has 6 heteroatoms. The third kappa shape index (κ3) is 5.17. The standard InChI is InChI=1S/C21H26N2O3S/c1-16(17-8-10-19(11-9-17)18-6-4-3-5-7-18)23-20(24)14-22-21(2)12-13-27(25,26)15-21/h3-11,16,22H,12-15H2,1-2H3,(H,23,24). The molecule has 0 radical (unpaired) electrons. The van der Waals surface area contributed by atoms with Crippen LogP contribution in [0.15, 0.2) is 54.6 Å². The zero-order valence-corrected chi connectivity index (χ0v) is 16.6. The maximum atomic E-state index is 12.3. The van der Waals surface area contributed by atoms with Crippen molar-refractivity contribution in [1.82, 2.24) is 10.6 Å². The first-order chi connectivity index (χ1) is 12.8. The van der Waals surface area contributed by atoms with Gasteiger partial charge in [-0.3, -0.25) is 4.79 Å². The molecule has 0 saturated carbocycles. The van der Waals surface area contributed by atoms with Crippen molar-refractivity contribution in [2.24, 2.45) is 0 Å². The Morgan fingerprint density at radius 2 is 1.70 bits per heavy atom. The summed E-state index contributed by atoms with van der Waals surface area (Å²) in [4.78, 5) is 12.3. The van der Waals surface area contributed by atoms with Crippen LogP contribution in [0.2, 0.25) is 0 Å². The van der Waals surface area contributed by atoms with Gasteiger partial charge in [-0.2, -0.15) is 0 Å². The first-order valence-corrected chi connectivity index (χ1v) is 11.0. The fourth-order valence-corrected chi connectivity index (χ4v) is 5.54. The van der Waals surface area contributed by atoms with Crippen molar-refractivity contribution in [1.29, 1.82) is 0 Å². The summed E-state index contributed by atoms with van der Waals surface area (Å²) in [6.45, 7) is 3.91. The fraction of sp³-hybridized carbons (Fsp3) is 0.381. The molecule has 1 heterocycles. The number of rotatable bonds is 6. The van der Waals surface area contributed by atoms with Crippen LogP contribution >= 0.6 is 0 Å². The van der Waals surface area contributed by atoms with Crippen LogP contribution in [0.25, 0.3) is 11.1 Å². The van der Waals surface area contributed by atoms with Crippen LogP contribution < -0.4 is 10.6 Å². The molecule has 1 amide bonds. The largest absolute Gasteiger partial charge is 0.348 e. The Balaban J connectivity index is 1.54. The Hall–Kier alpha value is -2.18. The van der Waals surface area contributed by atoms with Crippen LogP contribution in [0.4, 0.5) is 0 Å². The normalized spacial score (nSPS) is 22.3.